The van der Waals surface area contributed by atoms with Gasteiger partial charge in [0.25, 0.3) is 5.89 Å². The molecule has 3 rings (SSSR count). The van der Waals surface area contributed by atoms with Gasteiger partial charge in [-0.05, 0) is 38.1 Å². The molecule has 0 fully saturated rings. The smallest absolute Gasteiger partial charge is 0.342 e. The van der Waals surface area contributed by atoms with Crippen molar-refractivity contribution < 1.29 is 18.7 Å². The Morgan fingerprint density at radius 2 is 1.80 bits per heavy atom. The zero-order valence-corrected chi connectivity index (χ0v) is 14.0. The van der Waals surface area contributed by atoms with Gasteiger partial charge in [0.15, 0.2) is 6.10 Å². The Hall–Kier alpha value is -3.15. The third-order valence-corrected chi connectivity index (χ3v) is 3.50. The quantitative estimate of drug-likeness (QED) is 0.631. The molecule has 0 bridgehead atoms. The highest BCUT2D eigenvalue weighted by atomic mass is 16.6. The van der Waals surface area contributed by atoms with Gasteiger partial charge in [-0.3, -0.25) is 0 Å². The molecule has 0 aliphatic rings. The minimum Gasteiger partial charge on any atom is -0.493 e. The van der Waals surface area contributed by atoms with Crippen LogP contribution in [0.5, 0.6) is 5.75 Å². The van der Waals surface area contributed by atoms with Crippen molar-refractivity contribution in [3.8, 4) is 17.2 Å². The fourth-order valence-corrected chi connectivity index (χ4v) is 2.29. The molecule has 1 atom stereocenters. The molecule has 0 saturated carbocycles. The molecule has 1 aromatic heterocycles. The van der Waals surface area contributed by atoms with Crippen molar-refractivity contribution in [2.24, 2.45) is 0 Å². The standard InChI is InChI=1S/C19H18N2O4/c1-3-23-16-12-8-7-11-15(16)19(22)24-13(2)17-20-21-18(25-17)14-9-5-4-6-10-14/h4-13H,3H2,1-2H3/t13-/m0/s1. The van der Waals surface area contributed by atoms with Crippen molar-refractivity contribution in [3.63, 3.8) is 0 Å². The van der Waals surface area contributed by atoms with E-state index in [-0.39, 0.29) is 5.89 Å². The average molecular weight is 338 g/mol. The van der Waals surface area contributed by atoms with Gasteiger partial charge >= 0.3 is 5.97 Å². The third kappa shape index (κ3) is 3.85. The predicted octanol–water partition coefficient (Wildman–Crippen LogP) is 4.05. The van der Waals surface area contributed by atoms with Crippen LogP contribution in [0.2, 0.25) is 0 Å². The van der Waals surface area contributed by atoms with Crippen LogP contribution in [0.4, 0.5) is 0 Å². The number of benzene rings is 2. The number of esters is 1. The van der Waals surface area contributed by atoms with Gasteiger partial charge in [-0.15, -0.1) is 10.2 Å². The minimum atomic E-state index is -0.674. The summed E-state index contributed by atoms with van der Waals surface area (Å²) in [5.41, 5.74) is 1.17. The molecule has 6 heteroatoms. The maximum atomic E-state index is 12.4. The summed E-state index contributed by atoms with van der Waals surface area (Å²) in [5, 5.41) is 7.97. The molecule has 0 saturated heterocycles. The molecule has 0 aliphatic heterocycles. The van der Waals surface area contributed by atoms with E-state index in [4.69, 9.17) is 13.9 Å². The van der Waals surface area contributed by atoms with Crippen LogP contribution in [0.1, 0.15) is 36.2 Å². The lowest BCUT2D eigenvalue weighted by Crippen LogP contribution is -2.11. The number of carbonyl (C=O) groups is 1. The molecule has 0 N–H and O–H groups in total. The average Bonchev–Trinajstić information content (AvgIpc) is 3.13. The lowest BCUT2D eigenvalue weighted by molar-refractivity contribution is 0.0276. The third-order valence-electron chi connectivity index (χ3n) is 3.50. The number of carbonyl (C=O) groups excluding carboxylic acids is 1. The minimum absolute atomic E-state index is 0.237. The summed E-state index contributed by atoms with van der Waals surface area (Å²) in [4.78, 5) is 12.4. The van der Waals surface area contributed by atoms with Crippen LogP contribution < -0.4 is 4.74 Å². The summed E-state index contributed by atoms with van der Waals surface area (Å²) >= 11 is 0. The van der Waals surface area contributed by atoms with Crippen LogP contribution in [-0.2, 0) is 4.74 Å². The van der Waals surface area contributed by atoms with E-state index in [2.05, 4.69) is 10.2 Å². The zero-order valence-electron chi connectivity index (χ0n) is 14.0. The highest BCUT2D eigenvalue weighted by molar-refractivity contribution is 5.92. The first-order valence-corrected chi connectivity index (χ1v) is 8.00. The van der Waals surface area contributed by atoms with Gasteiger partial charge in [0, 0.05) is 5.56 Å². The maximum absolute atomic E-state index is 12.4. The van der Waals surface area contributed by atoms with Crippen LogP contribution in [-0.4, -0.2) is 22.8 Å². The van der Waals surface area contributed by atoms with Crippen LogP contribution in [0, 0.1) is 0 Å². The van der Waals surface area contributed by atoms with Crippen molar-refractivity contribution in [1.82, 2.24) is 10.2 Å². The molecule has 0 spiro atoms. The second-order valence-corrected chi connectivity index (χ2v) is 5.29. The number of hydrogen-bond acceptors (Lipinski definition) is 6. The zero-order chi connectivity index (χ0) is 17.6. The van der Waals surface area contributed by atoms with Gasteiger partial charge in [0.2, 0.25) is 5.89 Å². The van der Waals surface area contributed by atoms with E-state index in [0.717, 1.165) is 5.56 Å². The number of para-hydroxylation sites is 1. The normalized spacial score (nSPS) is 11.8. The molecule has 0 aliphatic carbocycles. The van der Waals surface area contributed by atoms with Crippen LogP contribution in [0.25, 0.3) is 11.5 Å². The topological polar surface area (TPSA) is 74.5 Å². The summed E-state index contributed by atoms with van der Waals surface area (Å²) in [6.07, 6.45) is -0.674. The van der Waals surface area contributed by atoms with Crippen LogP contribution in [0.3, 0.4) is 0 Å². The van der Waals surface area contributed by atoms with E-state index < -0.39 is 12.1 Å². The largest absolute Gasteiger partial charge is 0.493 e. The second-order valence-electron chi connectivity index (χ2n) is 5.29. The second kappa shape index (κ2) is 7.61. The molecule has 128 valence electrons. The van der Waals surface area contributed by atoms with Crippen molar-refractivity contribution >= 4 is 5.97 Å². The monoisotopic (exact) mass is 338 g/mol. The summed E-state index contributed by atoms with van der Waals surface area (Å²) in [5.74, 6) is 0.600. The maximum Gasteiger partial charge on any atom is 0.342 e. The van der Waals surface area contributed by atoms with Gasteiger partial charge in [0.05, 0.1) is 6.61 Å². The van der Waals surface area contributed by atoms with E-state index in [0.29, 0.717) is 23.8 Å². The van der Waals surface area contributed by atoms with Crippen LogP contribution in [0.15, 0.2) is 59.0 Å². The molecule has 0 unspecified atom stereocenters. The number of rotatable bonds is 6. The number of ether oxygens (including phenoxy) is 2. The van der Waals surface area contributed by atoms with Gasteiger partial charge in [0.1, 0.15) is 11.3 Å². The Labute approximate surface area is 145 Å². The summed E-state index contributed by atoms with van der Waals surface area (Å²) < 4.78 is 16.5. The van der Waals surface area contributed by atoms with Gasteiger partial charge in [-0.2, -0.15) is 0 Å². The molecule has 0 radical (unpaired) electrons. The first-order chi connectivity index (χ1) is 12.2. The molecular formula is C19H18N2O4. The Bertz CT molecular complexity index is 845. The lowest BCUT2D eigenvalue weighted by Gasteiger charge is -2.12. The number of nitrogens with zero attached hydrogens (tertiary/aromatic N) is 2. The molecule has 6 nitrogen and oxygen atoms in total. The van der Waals surface area contributed by atoms with E-state index in [1.165, 1.54) is 0 Å². The molecule has 1 heterocycles. The molecule has 2 aromatic carbocycles. The Morgan fingerprint density at radius 1 is 1.08 bits per heavy atom. The van der Waals surface area contributed by atoms with Crippen molar-refractivity contribution in [1.29, 1.82) is 0 Å². The summed E-state index contributed by atoms with van der Waals surface area (Å²) in [6.45, 7) is 4.00. The van der Waals surface area contributed by atoms with E-state index in [9.17, 15) is 4.79 Å². The first kappa shape index (κ1) is 16.7. The van der Waals surface area contributed by atoms with E-state index in [1.54, 1.807) is 31.2 Å². The van der Waals surface area contributed by atoms with E-state index >= 15 is 0 Å². The summed E-state index contributed by atoms with van der Waals surface area (Å²) in [7, 11) is 0. The fraction of sp³-hybridized carbons (Fsp3) is 0.211. The molecular weight excluding hydrogens is 320 g/mol. The van der Waals surface area contributed by atoms with E-state index in [1.807, 2.05) is 37.3 Å². The Kier molecular flexibility index (Phi) is 5.09. The van der Waals surface area contributed by atoms with Crippen molar-refractivity contribution in [2.75, 3.05) is 6.61 Å². The molecule has 0 amide bonds. The number of hydrogen-bond donors (Lipinski definition) is 0. The highest BCUT2D eigenvalue weighted by Crippen LogP contribution is 2.25. The fourth-order valence-electron chi connectivity index (χ4n) is 2.29. The molecule has 3 aromatic rings. The molecule has 25 heavy (non-hydrogen) atoms. The van der Waals surface area contributed by atoms with Gasteiger partial charge in [-0.25, -0.2) is 4.79 Å². The Morgan fingerprint density at radius 3 is 2.56 bits per heavy atom. The summed E-state index contributed by atoms with van der Waals surface area (Å²) in [6, 6.07) is 16.3. The predicted molar refractivity (Wildman–Crippen MR) is 91.2 cm³/mol. The number of aromatic nitrogens is 2. The first-order valence-electron chi connectivity index (χ1n) is 8.00. The van der Waals surface area contributed by atoms with Gasteiger partial charge < -0.3 is 13.9 Å². The highest BCUT2D eigenvalue weighted by Gasteiger charge is 2.21. The van der Waals surface area contributed by atoms with Crippen molar-refractivity contribution in [3.05, 3.63) is 66.1 Å². The van der Waals surface area contributed by atoms with Gasteiger partial charge in [-0.1, -0.05) is 30.3 Å². The Balaban J connectivity index is 1.73. The van der Waals surface area contributed by atoms with Crippen LogP contribution >= 0.6 is 0 Å². The van der Waals surface area contributed by atoms with Crippen molar-refractivity contribution in [2.45, 2.75) is 20.0 Å². The SMILES string of the molecule is CCOc1ccccc1C(=O)O[C@@H](C)c1nnc(-c2ccccc2)o1. The lowest BCUT2D eigenvalue weighted by atomic mass is 10.2.